The molecule has 1 atom stereocenters. The lowest BCUT2D eigenvalue weighted by Crippen LogP contribution is -2.41. The van der Waals surface area contributed by atoms with Gasteiger partial charge in [0, 0.05) is 25.3 Å². The lowest BCUT2D eigenvalue weighted by Gasteiger charge is -2.25. The molecule has 2 aromatic rings. The minimum Gasteiger partial charge on any atom is -0.493 e. The normalized spacial score (nSPS) is 18.6. The molecule has 0 bridgehead atoms. The maximum absolute atomic E-state index is 13.3. The van der Waals surface area contributed by atoms with Crippen LogP contribution in [-0.2, 0) is 6.42 Å². The molecule has 0 saturated heterocycles. The van der Waals surface area contributed by atoms with E-state index in [1.807, 2.05) is 36.2 Å². The second kappa shape index (κ2) is 5.44. The molecule has 0 N–H and O–H groups in total. The number of ether oxygens (including phenoxy) is 2. The van der Waals surface area contributed by atoms with Crippen molar-refractivity contribution in [3.05, 3.63) is 47.5 Å². The van der Waals surface area contributed by atoms with E-state index in [9.17, 15) is 4.79 Å². The van der Waals surface area contributed by atoms with Crippen LogP contribution in [0.3, 0.4) is 0 Å². The molecule has 5 nitrogen and oxygen atoms in total. The number of rotatable bonds is 2. The summed E-state index contributed by atoms with van der Waals surface area (Å²) in [5, 5.41) is 0. The number of fused-ring (bicyclic) bond motifs is 4. The van der Waals surface area contributed by atoms with Gasteiger partial charge in [0.15, 0.2) is 11.5 Å². The van der Waals surface area contributed by atoms with Crippen LogP contribution in [0.25, 0.3) is 0 Å². The van der Waals surface area contributed by atoms with Crippen molar-refractivity contribution in [3.8, 4) is 11.5 Å². The molecule has 5 heteroatoms. The Morgan fingerprint density at radius 2 is 1.75 bits per heavy atom. The van der Waals surface area contributed by atoms with Crippen LogP contribution in [0.2, 0.25) is 0 Å². The Kier molecular flexibility index (Phi) is 3.37. The summed E-state index contributed by atoms with van der Waals surface area (Å²) in [5.41, 5.74) is 3.77. The van der Waals surface area contributed by atoms with E-state index < -0.39 is 0 Å². The van der Waals surface area contributed by atoms with Crippen molar-refractivity contribution in [2.45, 2.75) is 12.5 Å². The van der Waals surface area contributed by atoms with E-state index in [1.165, 1.54) is 5.56 Å². The summed E-state index contributed by atoms with van der Waals surface area (Å²) >= 11 is 0. The zero-order chi connectivity index (χ0) is 16.8. The van der Waals surface area contributed by atoms with Crippen molar-refractivity contribution < 1.29 is 14.3 Å². The van der Waals surface area contributed by atoms with E-state index in [0.29, 0.717) is 17.1 Å². The monoisotopic (exact) mass is 324 g/mol. The van der Waals surface area contributed by atoms with Gasteiger partial charge in [-0.1, -0.05) is 18.2 Å². The molecule has 0 aliphatic carbocycles. The molecule has 2 heterocycles. The zero-order valence-electron chi connectivity index (χ0n) is 14.1. The van der Waals surface area contributed by atoms with Gasteiger partial charge in [-0.05, 0) is 24.1 Å². The molecule has 0 spiro atoms. The molecule has 0 saturated carbocycles. The van der Waals surface area contributed by atoms with Crippen LogP contribution in [0.1, 0.15) is 15.9 Å². The van der Waals surface area contributed by atoms with Crippen LogP contribution in [0.5, 0.6) is 11.5 Å². The smallest absolute Gasteiger partial charge is 0.260 e. The van der Waals surface area contributed by atoms with Crippen molar-refractivity contribution in [1.82, 2.24) is 0 Å². The van der Waals surface area contributed by atoms with Gasteiger partial charge < -0.3 is 19.3 Å². The lowest BCUT2D eigenvalue weighted by molar-refractivity contribution is 0.0983. The average Bonchev–Trinajstić information content (AvgIpc) is 2.93. The van der Waals surface area contributed by atoms with Gasteiger partial charge in [0.05, 0.1) is 31.5 Å². The van der Waals surface area contributed by atoms with Gasteiger partial charge in [0.1, 0.15) is 0 Å². The quantitative estimate of drug-likeness (QED) is 0.852. The number of carbonyl (C=O) groups is 1. The van der Waals surface area contributed by atoms with Gasteiger partial charge in [0.2, 0.25) is 0 Å². The van der Waals surface area contributed by atoms with Gasteiger partial charge in [0.25, 0.3) is 5.91 Å². The molecule has 24 heavy (non-hydrogen) atoms. The Morgan fingerprint density at radius 3 is 2.50 bits per heavy atom. The third-order valence-electron chi connectivity index (χ3n) is 4.92. The molecular formula is C19H20N2O3. The zero-order valence-corrected chi connectivity index (χ0v) is 14.1. The number of carbonyl (C=O) groups excluding carboxylic acids is 1. The number of amides is 1. The van der Waals surface area contributed by atoms with E-state index >= 15 is 0 Å². The van der Waals surface area contributed by atoms with Gasteiger partial charge in [-0.2, -0.15) is 0 Å². The summed E-state index contributed by atoms with van der Waals surface area (Å²) < 4.78 is 10.8. The number of anilines is 2. The number of benzene rings is 2. The summed E-state index contributed by atoms with van der Waals surface area (Å²) in [6, 6.07) is 12.0. The Labute approximate surface area is 141 Å². The largest absolute Gasteiger partial charge is 0.493 e. The number of nitrogens with zero attached hydrogens (tertiary/aromatic N) is 2. The molecule has 0 aromatic heterocycles. The van der Waals surface area contributed by atoms with Gasteiger partial charge in [-0.3, -0.25) is 4.79 Å². The number of methoxy groups -OCH3 is 2. The molecule has 2 aliphatic heterocycles. The van der Waals surface area contributed by atoms with E-state index in [1.54, 1.807) is 20.3 Å². The second-order valence-electron chi connectivity index (χ2n) is 6.27. The summed E-state index contributed by atoms with van der Waals surface area (Å²) in [6.07, 6.45) is 0.883. The third-order valence-corrected chi connectivity index (χ3v) is 4.92. The van der Waals surface area contributed by atoms with Crippen molar-refractivity contribution >= 4 is 17.3 Å². The maximum Gasteiger partial charge on any atom is 0.260 e. The topological polar surface area (TPSA) is 42.0 Å². The summed E-state index contributed by atoms with van der Waals surface area (Å²) in [7, 11) is 5.21. The fourth-order valence-corrected chi connectivity index (χ4v) is 3.78. The molecule has 124 valence electrons. The Morgan fingerprint density at radius 1 is 1.04 bits per heavy atom. The van der Waals surface area contributed by atoms with Crippen LogP contribution in [0, 0.1) is 0 Å². The first-order valence-corrected chi connectivity index (χ1v) is 8.02. The highest BCUT2D eigenvalue weighted by Gasteiger charge is 2.39. The molecule has 2 aliphatic rings. The first-order valence-electron chi connectivity index (χ1n) is 8.02. The summed E-state index contributed by atoms with van der Waals surface area (Å²) in [6.45, 7) is 0.781. The van der Waals surface area contributed by atoms with E-state index in [4.69, 9.17) is 9.47 Å². The molecule has 1 amide bonds. The first kappa shape index (κ1) is 14.9. The lowest BCUT2D eigenvalue weighted by atomic mass is 10.1. The molecule has 0 radical (unpaired) electrons. The maximum atomic E-state index is 13.3. The third kappa shape index (κ3) is 2.04. The van der Waals surface area contributed by atoms with Crippen molar-refractivity contribution in [2.75, 3.05) is 37.6 Å². The molecule has 0 unspecified atom stereocenters. The van der Waals surface area contributed by atoms with E-state index in [0.717, 1.165) is 24.3 Å². The highest BCUT2D eigenvalue weighted by molar-refractivity contribution is 6.12. The Balaban J connectivity index is 1.88. The highest BCUT2D eigenvalue weighted by atomic mass is 16.5. The van der Waals surface area contributed by atoms with Crippen LogP contribution >= 0.6 is 0 Å². The fourth-order valence-electron chi connectivity index (χ4n) is 3.78. The van der Waals surface area contributed by atoms with Crippen LogP contribution in [0.4, 0.5) is 11.4 Å². The fraction of sp³-hybridized carbons (Fsp3) is 0.316. The minimum atomic E-state index is 0.0188. The van der Waals surface area contributed by atoms with E-state index in [-0.39, 0.29) is 11.9 Å². The van der Waals surface area contributed by atoms with Crippen LogP contribution in [-0.4, -0.2) is 39.8 Å². The molecular weight excluding hydrogens is 304 g/mol. The molecule has 4 rings (SSSR count). The van der Waals surface area contributed by atoms with Crippen molar-refractivity contribution in [3.63, 3.8) is 0 Å². The number of hydrogen-bond acceptors (Lipinski definition) is 4. The van der Waals surface area contributed by atoms with Gasteiger partial charge >= 0.3 is 0 Å². The summed E-state index contributed by atoms with van der Waals surface area (Å²) in [4.78, 5) is 17.4. The number of likely N-dealkylation sites (N-methyl/N-ethyl adjacent to an activating group) is 1. The van der Waals surface area contributed by atoms with Crippen molar-refractivity contribution in [1.29, 1.82) is 0 Å². The summed E-state index contributed by atoms with van der Waals surface area (Å²) in [5.74, 6) is 1.23. The number of hydrogen-bond donors (Lipinski definition) is 0. The minimum absolute atomic E-state index is 0.0188. The van der Waals surface area contributed by atoms with Gasteiger partial charge in [-0.15, -0.1) is 0 Å². The van der Waals surface area contributed by atoms with Crippen LogP contribution < -0.4 is 19.3 Å². The number of para-hydroxylation sites is 1. The Bertz CT molecular complexity index is 818. The van der Waals surface area contributed by atoms with Crippen LogP contribution in [0.15, 0.2) is 36.4 Å². The predicted octanol–water partition coefficient (Wildman–Crippen LogP) is 2.73. The average molecular weight is 324 g/mol. The second-order valence-corrected chi connectivity index (χ2v) is 6.27. The molecule has 2 aromatic carbocycles. The molecule has 0 fully saturated rings. The SMILES string of the molecule is COc1cc2c(cc1OC)N(C)C[C@@H]1Cc3ccccc3N1C2=O. The standard InChI is InChI=1S/C19H20N2O3/c1-20-11-13-8-12-6-4-5-7-15(12)21(13)19(22)14-9-17(23-2)18(24-3)10-16(14)20/h4-7,9-10,13H,8,11H2,1-3H3/t13-/m0/s1. The Hall–Kier alpha value is -2.69. The van der Waals surface area contributed by atoms with E-state index in [2.05, 4.69) is 11.0 Å². The van der Waals surface area contributed by atoms with Gasteiger partial charge in [-0.25, -0.2) is 0 Å². The predicted molar refractivity (Wildman–Crippen MR) is 93.6 cm³/mol. The first-order chi connectivity index (χ1) is 11.6. The highest BCUT2D eigenvalue weighted by Crippen LogP contribution is 2.41. The van der Waals surface area contributed by atoms with Crippen molar-refractivity contribution in [2.24, 2.45) is 0 Å².